The molecular weight excluding hydrogens is 426 g/mol. The summed E-state index contributed by atoms with van der Waals surface area (Å²) in [6.07, 6.45) is 4.64. The van der Waals surface area contributed by atoms with Crippen molar-refractivity contribution in [1.82, 2.24) is 14.9 Å². The van der Waals surface area contributed by atoms with Crippen LogP contribution in [0.2, 0.25) is 0 Å². The Morgan fingerprint density at radius 1 is 0.794 bits per heavy atom. The predicted molar refractivity (Wildman–Crippen MR) is 132 cm³/mol. The molecule has 6 heteroatoms. The van der Waals surface area contributed by atoms with E-state index >= 15 is 0 Å². The summed E-state index contributed by atoms with van der Waals surface area (Å²) in [5, 5.41) is 0. The van der Waals surface area contributed by atoms with Crippen LogP contribution in [0.1, 0.15) is 52.0 Å². The molecule has 5 rings (SSSR count). The molecule has 0 amide bonds. The van der Waals surface area contributed by atoms with Crippen molar-refractivity contribution in [2.45, 2.75) is 25.7 Å². The molecule has 0 spiro atoms. The summed E-state index contributed by atoms with van der Waals surface area (Å²) in [4.78, 5) is 37.4. The largest absolute Gasteiger partial charge is 0.462 e. The number of rotatable bonds is 7. The third-order valence-corrected chi connectivity index (χ3v) is 6.28. The monoisotopic (exact) mass is 453 g/mol. The van der Waals surface area contributed by atoms with Gasteiger partial charge in [-0.3, -0.25) is 4.79 Å². The van der Waals surface area contributed by atoms with Crippen LogP contribution in [0.5, 0.6) is 0 Å². The molecular formula is C28H27N3O3. The number of nitrogens with zero attached hydrogens (tertiary/aromatic N) is 3. The fraction of sp³-hybridized carbons (Fsp3) is 0.286. The van der Waals surface area contributed by atoms with Crippen molar-refractivity contribution in [3.8, 4) is 0 Å². The second-order valence-electron chi connectivity index (χ2n) is 8.69. The third-order valence-electron chi connectivity index (χ3n) is 6.28. The van der Waals surface area contributed by atoms with Gasteiger partial charge in [0.2, 0.25) is 0 Å². The van der Waals surface area contributed by atoms with Gasteiger partial charge in [-0.1, -0.05) is 42.8 Å². The number of hydrogen-bond acceptors (Lipinski definition) is 6. The van der Waals surface area contributed by atoms with Crippen molar-refractivity contribution in [3.63, 3.8) is 0 Å². The predicted octanol–water partition coefficient (Wildman–Crippen LogP) is 5.05. The maximum Gasteiger partial charge on any atom is 0.340 e. The lowest BCUT2D eigenvalue weighted by atomic mass is 10.0. The fourth-order valence-corrected chi connectivity index (χ4v) is 4.47. The molecule has 0 N–H and O–H groups in total. The molecule has 2 heterocycles. The van der Waals surface area contributed by atoms with E-state index in [4.69, 9.17) is 9.72 Å². The van der Waals surface area contributed by atoms with Gasteiger partial charge in [0, 0.05) is 17.7 Å². The van der Waals surface area contributed by atoms with Crippen LogP contribution in [-0.2, 0) is 4.74 Å². The van der Waals surface area contributed by atoms with Crippen LogP contribution >= 0.6 is 0 Å². The number of ether oxygens (including phenoxy) is 1. The molecule has 1 aromatic heterocycles. The van der Waals surface area contributed by atoms with Crippen LogP contribution in [0.4, 0.5) is 0 Å². The Morgan fingerprint density at radius 3 is 2.44 bits per heavy atom. The Kier molecular flexibility index (Phi) is 6.58. The Bertz CT molecular complexity index is 1330. The third kappa shape index (κ3) is 4.82. The molecule has 172 valence electrons. The number of esters is 1. The van der Waals surface area contributed by atoms with E-state index in [2.05, 4.69) is 9.88 Å². The standard InChI is InChI=1S/C28H27N3O3/c32-27(20-9-3-1-4-10-20)21-13-14-23-25(19-21)29-24-12-7-11-22(26(24)30-23)28(33)34-18-8-17-31-15-5-2-6-16-31/h1,3-4,7,9-14,19H,2,5-6,8,15-18H2. The first-order valence-corrected chi connectivity index (χ1v) is 11.9. The minimum atomic E-state index is -0.381. The Morgan fingerprint density at radius 2 is 1.62 bits per heavy atom. The fourth-order valence-electron chi connectivity index (χ4n) is 4.47. The Hall–Kier alpha value is -3.64. The lowest BCUT2D eigenvalue weighted by Crippen LogP contribution is -2.31. The van der Waals surface area contributed by atoms with Crippen molar-refractivity contribution in [1.29, 1.82) is 0 Å². The smallest absolute Gasteiger partial charge is 0.340 e. The molecule has 4 aromatic rings. The number of aromatic nitrogens is 2. The number of fused-ring (bicyclic) bond motifs is 2. The average molecular weight is 454 g/mol. The van der Waals surface area contributed by atoms with Gasteiger partial charge in [0.25, 0.3) is 0 Å². The van der Waals surface area contributed by atoms with Crippen LogP contribution in [-0.4, -0.2) is 52.9 Å². The van der Waals surface area contributed by atoms with E-state index in [1.165, 1.54) is 19.3 Å². The zero-order valence-electron chi connectivity index (χ0n) is 19.1. The second kappa shape index (κ2) is 10.1. The molecule has 34 heavy (non-hydrogen) atoms. The maximum absolute atomic E-state index is 12.8. The van der Waals surface area contributed by atoms with Gasteiger partial charge in [0.1, 0.15) is 5.52 Å². The van der Waals surface area contributed by atoms with E-state index in [9.17, 15) is 9.59 Å². The Balaban J connectivity index is 1.33. The summed E-state index contributed by atoms with van der Waals surface area (Å²) in [7, 11) is 0. The Labute approximate surface area is 198 Å². The number of para-hydroxylation sites is 1. The summed E-state index contributed by atoms with van der Waals surface area (Å²) < 4.78 is 5.56. The molecule has 0 bridgehead atoms. The summed E-state index contributed by atoms with van der Waals surface area (Å²) in [5.74, 6) is -0.444. The highest BCUT2D eigenvalue weighted by atomic mass is 16.5. The molecule has 0 atom stereocenters. The van der Waals surface area contributed by atoms with Gasteiger partial charge in [0.15, 0.2) is 5.78 Å². The van der Waals surface area contributed by atoms with Crippen molar-refractivity contribution in [3.05, 3.63) is 83.4 Å². The van der Waals surface area contributed by atoms with Gasteiger partial charge in [0.05, 0.1) is 28.7 Å². The van der Waals surface area contributed by atoms with Gasteiger partial charge < -0.3 is 9.64 Å². The van der Waals surface area contributed by atoms with Crippen molar-refractivity contribution in [2.24, 2.45) is 0 Å². The van der Waals surface area contributed by atoms with E-state index in [1.54, 1.807) is 42.5 Å². The van der Waals surface area contributed by atoms with Crippen LogP contribution in [0.15, 0.2) is 66.7 Å². The van der Waals surface area contributed by atoms with Crippen LogP contribution in [0, 0.1) is 0 Å². The number of carbonyl (C=O) groups excluding carboxylic acids is 2. The second-order valence-corrected chi connectivity index (χ2v) is 8.69. The first kappa shape index (κ1) is 22.2. The molecule has 1 saturated heterocycles. The van der Waals surface area contributed by atoms with Crippen LogP contribution in [0.25, 0.3) is 22.1 Å². The number of hydrogen-bond donors (Lipinski definition) is 0. The molecule has 0 saturated carbocycles. The SMILES string of the molecule is O=C(c1ccccc1)c1ccc2nc3c(C(=O)OCCCN4CCCCC4)cccc3nc2c1. The first-order chi connectivity index (χ1) is 16.7. The molecule has 0 unspecified atom stereocenters. The minimum Gasteiger partial charge on any atom is -0.462 e. The first-order valence-electron chi connectivity index (χ1n) is 11.9. The quantitative estimate of drug-likeness (QED) is 0.169. The molecule has 1 fully saturated rings. The van der Waals surface area contributed by atoms with E-state index < -0.39 is 0 Å². The van der Waals surface area contributed by atoms with Gasteiger partial charge in [-0.25, -0.2) is 14.8 Å². The number of ketones is 1. The zero-order valence-corrected chi connectivity index (χ0v) is 19.1. The van der Waals surface area contributed by atoms with Crippen molar-refractivity contribution >= 4 is 33.8 Å². The van der Waals surface area contributed by atoms with E-state index in [0.29, 0.717) is 45.4 Å². The molecule has 1 aliphatic heterocycles. The summed E-state index contributed by atoms with van der Waals surface area (Å²) >= 11 is 0. The van der Waals surface area contributed by atoms with Gasteiger partial charge in [-0.15, -0.1) is 0 Å². The lowest BCUT2D eigenvalue weighted by Gasteiger charge is -2.26. The van der Waals surface area contributed by atoms with Gasteiger partial charge in [-0.05, 0) is 62.7 Å². The summed E-state index contributed by atoms with van der Waals surface area (Å²) in [6, 6.07) is 19.8. The maximum atomic E-state index is 12.8. The van der Waals surface area contributed by atoms with E-state index in [1.807, 2.05) is 24.3 Å². The van der Waals surface area contributed by atoms with E-state index in [0.717, 1.165) is 26.1 Å². The molecule has 1 aliphatic rings. The topological polar surface area (TPSA) is 72.4 Å². The highest BCUT2D eigenvalue weighted by Gasteiger charge is 2.16. The number of piperidine rings is 1. The molecule has 3 aromatic carbocycles. The average Bonchev–Trinajstić information content (AvgIpc) is 2.90. The highest BCUT2D eigenvalue weighted by Crippen LogP contribution is 2.22. The minimum absolute atomic E-state index is 0.0636. The van der Waals surface area contributed by atoms with Crippen LogP contribution in [0.3, 0.4) is 0 Å². The molecule has 0 radical (unpaired) electrons. The zero-order chi connectivity index (χ0) is 23.3. The summed E-state index contributed by atoms with van der Waals surface area (Å²) in [6.45, 7) is 3.62. The highest BCUT2D eigenvalue weighted by molar-refractivity contribution is 6.10. The van der Waals surface area contributed by atoms with E-state index in [-0.39, 0.29) is 11.8 Å². The van der Waals surface area contributed by atoms with Gasteiger partial charge in [-0.2, -0.15) is 0 Å². The number of carbonyl (C=O) groups is 2. The van der Waals surface area contributed by atoms with Crippen molar-refractivity contribution < 1.29 is 14.3 Å². The summed E-state index contributed by atoms with van der Waals surface area (Å²) in [5.41, 5.74) is 3.94. The normalized spacial score (nSPS) is 14.4. The van der Waals surface area contributed by atoms with Crippen LogP contribution < -0.4 is 0 Å². The number of benzene rings is 3. The number of likely N-dealkylation sites (tertiary alicyclic amines) is 1. The van der Waals surface area contributed by atoms with Crippen molar-refractivity contribution in [2.75, 3.05) is 26.2 Å². The lowest BCUT2D eigenvalue weighted by molar-refractivity contribution is 0.0487. The van der Waals surface area contributed by atoms with Gasteiger partial charge >= 0.3 is 5.97 Å². The molecule has 0 aliphatic carbocycles. The molecule has 6 nitrogen and oxygen atoms in total.